The summed E-state index contributed by atoms with van der Waals surface area (Å²) in [4.78, 5) is 25.7. The third kappa shape index (κ3) is 3.95. The van der Waals surface area contributed by atoms with Crippen LogP contribution in [0.25, 0.3) is 0 Å². The second-order valence-electron chi connectivity index (χ2n) is 6.25. The lowest BCUT2D eigenvalue weighted by Gasteiger charge is -2.34. The van der Waals surface area contributed by atoms with Crippen molar-refractivity contribution < 1.29 is 24.5 Å². The van der Waals surface area contributed by atoms with Crippen molar-refractivity contribution in [2.24, 2.45) is 17.8 Å². The lowest BCUT2D eigenvalue weighted by atomic mass is 9.93. The van der Waals surface area contributed by atoms with Crippen LogP contribution in [0.5, 0.6) is 0 Å². The van der Waals surface area contributed by atoms with Crippen molar-refractivity contribution in [3.63, 3.8) is 0 Å². The number of aliphatic hydroxyl groups excluding tert-OH is 1. The molecule has 1 amide bonds. The van der Waals surface area contributed by atoms with Gasteiger partial charge in [-0.05, 0) is 31.6 Å². The predicted octanol–water partition coefficient (Wildman–Crippen LogP) is 0.733. The topological polar surface area (TPSA) is 87.1 Å². The number of ether oxygens (including phenoxy) is 1. The number of amides is 1. The van der Waals surface area contributed by atoms with Gasteiger partial charge in [-0.1, -0.05) is 6.92 Å². The van der Waals surface area contributed by atoms with Crippen LogP contribution in [0.15, 0.2) is 0 Å². The smallest absolute Gasteiger partial charge is 0.307 e. The average Bonchev–Trinajstić information content (AvgIpc) is 2.87. The molecule has 1 heterocycles. The van der Waals surface area contributed by atoms with Crippen LogP contribution >= 0.6 is 0 Å². The molecule has 0 aromatic rings. The first-order valence-electron chi connectivity index (χ1n) is 7.77. The molecule has 0 aromatic heterocycles. The number of carboxylic acid groups (broad SMARTS) is 1. The Morgan fingerprint density at radius 1 is 1.19 bits per heavy atom. The fourth-order valence-corrected chi connectivity index (χ4v) is 3.53. The first-order valence-corrected chi connectivity index (χ1v) is 7.77. The van der Waals surface area contributed by atoms with Crippen molar-refractivity contribution in [3.05, 3.63) is 0 Å². The lowest BCUT2D eigenvalue weighted by molar-refractivity contribution is -0.150. The van der Waals surface area contributed by atoms with E-state index in [9.17, 15) is 14.7 Å². The predicted molar refractivity (Wildman–Crippen MR) is 75.7 cm³/mol. The Morgan fingerprint density at radius 2 is 1.81 bits per heavy atom. The minimum atomic E-state index is -0.848. The second kappa shape index (κ2) is 7.22. The van der Waals surface area contributed by atoms with Crippen molar-refractivity contribution in [3.8, 4) is 0 Å². The molecule has 2 aliphatic rings. The molecule has 0 radical (unpaired) electrons. The van der Waals surface area contributed by atoms with Gasteiger partial charge in [0, 0.05) is 13.1 Å². The molecular weight excluding hydrogens is 274 g/mol. The number of carbonyl (C=O) groups is 2. The number of piperidine rings is 1. The molecule has 6 heteroatoms. The number of rotatable bonds is 5. The molecule has 2 fully saturated rings. The zero-order chi connectivity index (χ0) is 15.4. The zero-order valence-corrected chi connectivity index (χ0v) is 12.5. The highest BCUT2D eigenvalue weighted by Gasteiger charge is 2.43. The van der Waals surface area contributed by atoms with E-state index >= 15 is 0 Å². The number of carboxylic acids is 1. The van der Waals surface area contributed by atoms with Crippen LogP contribution in [0.4, 0.5) is 0 Å². The Balaban J connectivity index is 1.88. The van der Waals surface area contributed by atoms with Crippen molar-refractivity contribution in [2.75, 3.05) is 26.3 Å². The van der Waals surface area contributed by atoms with Crippen molar-refractivity contribution in [1.82, 2.24) is 4.90 Å². The summed E-state index contributed by atoms with van der Waals surface area (Å²) < 4.78 is 5.48. The molecule has 0 bridgehead atoms. The maximum absolute atomic E-state index is 12.6. The summed E-state index contributed by atoms with van der Waals surface area (Å²) >= 11 is 0. The Bertz CT molecular complexity index is 378. The van der Waals surface area contributed by atoms with Gasteiger partial charge in [-0.3, -0.25) is 9.59 Å². The summed E-state index contributed by atoms with van der Waals surface area (Å²) in [6.45, 7) is 3.59. The molecule has 1 saturated heterocycles. The number of likely N-dealkylation sites (tertiary alicyclic amines) is 1. The van der Waals surface area contributed by atoms with E-state index in [0.717, 1.165) is 12.8 Å². The maximum atomic E-state index is 12.6. The van der Waals surface area contributed by atoms with Gasteiger partial charge in [0.2, 0.25) is 5.91 Å². The molecular formula is C15H25NO5. The van der Waals surface area contributed by atoms with E-state index in [1.165, 1.54) is 0 Å². The molecule has 21 heavy (non-hydrogen) atoms. The number of aliphatic hydroxyl groups is 1. The van der Waals surface area contributed by atoms with E-state index in [1.807, 2.05) is 6.92 Å². The Kier molecular flexibility index (Phi) is 5.58. The number of carbonyl (C=O) groups excluding carboxylic acids is 1. The number of hydrogen-bond acceptors (Lipinski definition) is 4. The van der Waals surface area contributed by atoms with Gasteiger partial charge < -0.3 is 19.8 Å². The first kappa shape index (κ1) is 16.2. The van der Waals surface area contributed by atoms with Gasteiger partial charge >= 0.3 is 5.97 Å². The van der Waals surface area contributed by atoms with Gasteiger partial charge in [0.05, 0.1) is 31.2 Å². The summed E-state index contributed by atoms with van der Waals surface area (Å²) in [5.41, 5.74) is 0. The lowest BCUT2D eigenvalue weighted by Crippen LogP contribution is -2.45. The van der Waals surface area contributed by atoms with E-state index in [2.05, 4.69) is 0 Å². The summed E-state index contributed by atoms with van der Waals surface area (Å²) in [7, 11) is 0. The van der Waals surface area contributed by atoms with E-state index in [4.69, 9.17) is 9.84 Å². The van der Waals surface area contributed by atoms with Gasteiger partial charge in [-0.2, -0.15) is 0 Å². The highest BCUT2D eigenvalue weighted by Crippen LogP contribution is 2.38. The monoisotopic (exact) mass is 299 g/mol. The van der Waals surface area contributed by atoms with Crippen LogP contribution < -0.4 is 0 Å². The highest BCUT2D eigenvalue weighted by atomic mass is 16.5. The minimum absolute atomic E-state index is 0.00708. The van der Waals surface area contributed by atoms with E-state index in [1.54, 1.807) is 4.90 Å². The fraction of sp³-hybridized carbons (Fsp3) is 0.867. The van der Waals surface area contributed by atoms with E-state index in [0.29, 0.717) is 38.5 Å². The molecule has 1 aliphatic carbocycles. The van der Waals surface area contributed by atoms with Gasteiger partial charge in [0.25, 0.3) is 0 Å². The van der Waals surface area contributed by atoms with Gasteiger partial charge in [-0.25, -0.2) is 0 Å². The quantitative estimate of drug-likeness (QED) is 0.781. The van der Waals surface area contributed by atoms with Crippen LogP contribution in [0.1, 0.15) is 32.6 Å². The molecule has 6 nitrogen and oxygen atoms in total. The summed E-state index contributed by atoms with van der Waals surface area (Å²) in [5.74, 6) is -1.46. The number of hydrogen-bond donors (Lipinski definition) is 2. The molecule has 2 rings (SSSR count). The largest absolute Gasteiger partial charge is 0.481 e. The van der Waals surface area contributed by atoms with E-state index in [-0.39, 0.29) is 24.5 Å². The minimum Gasteiger partial charge on any atom is -0.481 e. The Morgan fingerprint density at radius 3 is 2.38 bits per heavy atom. The molecule has 3 unspecified atom stereocenters. The first-order chi connectivity index (χ1) is 10.0. The number of aliphatic carboxylic acids is 1. The van der Waals surface area contributed by atoms with Gasteiger partial charge in [0.15, 0.2) is 0 Å². The molecule has 0 aromatic carbocycles. The van der Waals surface area contributed by atoms with Crippen LogP contribution in [0.2, 0.25) is 0 Å². The van der Waals surface area contributed by atoms with Crippen molar-refractivity contribution in [2.45, 2.75) is 38.7 Å². The fourth-order valence-electron chi connectivity index (χ4n) is 3.53. The van der Waals surface area contributed by atoms with Crippen LogP contribution in [0, 0.1) is 17.8 Å². The Hall–Kier alpha value is -1.14. The van der Waals surface area contributed by atoms with Crippen molar-refractivity contribution in [1.29, 1.82) is 0 Å². The average molecular weight is 299 g/mol. The highest BCUT2D eigenvalue weighted by molar-refractivity contribution is 5.85. The normalized spacial score (nSPS) is 30.6. The maximum Gasteiger partial charge on any atom is 0.307 e. The zero-order valence-electron chi connectivity index (χ0n) is 12.5. The molecule has 120 valence electrons. The van der Waals surface area contributed by atoms with Crippen LogP contribution in [-0.2, 0) is 14.3 Å². The summed E-state index contributed by atoms with van der Waals surface area (Å²) in [5, 5.41) is 18.0. The van der Waals surface area contributed by atoms with Crippen LogP contribution in [0.3, 0.4) is 0 Å². The standard InChI is InChI=1S/C15H25NO5/c1-10-8-12(13(9-10)15(19)20)14(18)16-4-2-11(3-5-16)21-7-6-17/h10-13,17H,2-9H2,1H3,(H,19,20). The molecule has 2 N–H and O–H groups in total. The third-order valence-electron chi connectivity index (χ3n) is 4.63. The Labute approximate surface area is 125 Å². The molecule has 0 spiro atoms. The van der Waals surface area contributed by atoms with Crippen molar-refractivity contribution >= 4 is 11.9 Å². The van der Waals surface area contributed by atoms with E-state index < -0.39 is 11.9 Å². The SMILES string of the molecule is CC1CC(C(=O)O)C(C(=O)N2CCC(OCCO)CC2)C1. The number of nitrogens with zero attached hydrogens (tertiary/aromatic N) is 1. The molecule has 3 atom stereocenters. The molecule has 1 aliphatic heterocycles. The summed E-state index contributed by atoms with van der Waals surface area (Å²) in [6.07, 6.45) is 2.88. The second-order valence-corrected chi connectivity index (χ2v) is 6.25. The van der Waals surface area contributed by atoms with Gasteiger partial charge in [-0.15, -0.1) is 0 Å². The third-order valence-corrected chi connectivity index (χ3v) is 4.63. The molecule has 1 saturated carbocycles. The summed E-state index contributed by atoms with van der Waals surface area (Å²) in [6, 6.07) is 0. The van der Waals surface area contributed by atoms with Gasteiger partial charge in [0.1, 0.15) is 0 Å². The van der Waals surface area contributed by atoms with Crippen LogP contribution in [-0.4, -0.2) is 59.4 Å².